The van der Waals surface area contributed by atoms with Crippen molar-refractivity contribution in [1.29, 1.82) is 0 Å². The molecule has 1 heterocycles. The van der Waals surface area contributed by atoms with Gasteiger partial charge in [0.15, 0.2) is 11.5 Å². The Morgan fingerprint density at radius 3 is 2.34 bits per heavy atom. The monoisotopic (exact) mass is 399 g/mol. The Morgan fingerprint density at radius 1 is 0.966 bits per heavy atom. The zero-order valence-electron chi connectivity index (χ0n) is 15.3. The molecule has 0 atom stereocenters. The van der Waals surface area contributed by atoms with Crippen molar-refractivity contribution in [2.24, 2.45) is 0 Å². The van der Waals surface area contributed by atoms with Gasteiger partial charge in [-0.25, -0.2) is 4.79 Å². The van der Waals surface area contributed by atoms with Gasteiger partial charge in [-0.2, -0.15) is 13.2 Å². The number of pyridine rings is 1. The van der Waals surface area contributed by atoms with Crippen LogP contribution in [0, 0.1) is 0 Å². The van der Waals surface area contributed by atoms with E-state index in [0.717, 1.165) is 35.5 Å². The van der Waals surface area contributed by atoms with E-state index in [-0.39, 0.29) is 11.3 Å². The molecule has 0 spiro atoms. The molecule has 3 rings (SSSR count). The van der Waals surface area contributed by atoms with Crippen molar-refractivity contribution >= 4 is 18.1 Å². The molecule has 0 N–H and O–H groups in total. The third-order valence-corrected chi connectivity index (χ3v) is 3.97. The van der Waals surface area contributed by atoms with Crippen LogP contribution >= 0.6 is 0 Å². The summed E-state index contributed by atoms with van der Waals surface area (Å²) in [4.78, 5) is 16.4. The lowest BCUT2D eigenvalue weighted by Gasteiger charge is -2.11. The minimum absolute atomic E-state index is 0.000762. The van der Waals surface area contributed by atoms with E-state index in [2.05, 4.69) is 4.98 Å². The quantitative estimate of drug-likeness (QED) is 0.420. The molecule has 0 saturated heterocycles. The van der Waals surface area contributed by atoms with Gasteiger partial charge in [-0.05, 0) is 60.2 Å². The number of ether oxygens (including phenoxy) is 2. The molecule has 0 saturated carbocycles. The Balaban J connectivity index is 1.75. The Labute approximate surface area is 165 Å². The maximum atomic E-state index is 12.6. The Kier molecular flexibility index (Phi) is 5.97. The molecule has 7 heteroatoms. The van der Waals surface area contributed by atoms with Crippen molar-refractivity contribution in [3.8, 4) is 11.5 Å². The molecular weight excluding hydrogens is 383 g/mol. The van der Waals surface area contributed by atoms with Crippen LogP contribution in [0.4, 0.5) is 13.2 Å². The minimum atomic E-state index is -4.47. The lowest BCUT2D eigenvalue weighted by atomic mass is 10.1. The van der Waals surface area contributed by atoms with Crippen LogP contribution in [-0.4, -0.2) is 18.1 Å². The summed E-state index contributed by atoms with van der Waals surface area (Å²) in [5, 5.41) is 0. The lowest BCUT2D eigenvalue weighted by molar-refractivity contribution is -0.137. The Hall–Kier alpha value is -3.61. The number of halogens is 3. The minimum Gasteiger partial charge on any atom is -0.493 e. The van der Waals surface area contributed by atoms with E-state index in [1.165, 1.54) is 7.11 Å². The number of hydrogen-bond acceptors (Lipinski definition) is 4. The fraction of sp³-hybridized carbons (Fsp3) is 0.0909. The molecule has 3 aromatic rings. The number of methoxy groups -OCH3 is 1. The third-order valence-electron chi connectivity index (χ3n) is 3.97. The van der Waals surface area contributed by atoms with Gasteiger partial charge in [0, 0.05) is 6.20 Å². The number of aromatic nitrogens is 1. The van der Waals surface area contributed by atoms with Crippen LogP contribution < -0.4 is 9.47 Å². The molecule has 2 aromatic carbocycles. The first-order valence-corrected chi connectivity index (χ1v) is 8.53. The second kappa shape index (κ2) is 8.60. The largest absolute Gasteiger partial charge is 0.493 e. The van der Waals surface area contributed by atoms with Crippen molar-refractivity contribution in [1.82, 2.24) is 4.98 Å². The van der Waals surface area contributed by atoms with Crippen LogP contribution in [0.1, 0.15) is 27.2 Å². The number of carbonyl (C=O) groups excluding carboxylic acids is 1. The second-order valence-corrected chi connectivity index (χ2v) is 5.96. The first-order chi connectivity index (χ1) is 13.9. The lowest BCUT2D eigenvalue weighted by Crippen LogP contribution is -2.11. The van der Waals surface area contributed by atoms with Crippen LogP contribution in [0.15, 0.2) is 66.9 Å². The molecule has 1 aromatic heterocycles. The number of hydrogen-bond donors (Lipinski definition) is 0. The summed E-state index contributed by atoms with van der Waals surface area (Å²) in [6.45, 7) is 0. The zero-order valence-corrected chi connectivity index (χ0v) is 15.3. The van der Waals surface area contributed by atoms with Crippen LogP contribution in [-0.2, 0) is 6.18 Å². The fourth-order valence-corrected chi connectivity index (χ4v) is 2.48. The molecule has 4 nitrogen and oxygen atoms in total. The Morgan fingerprint density at radius 2 is 1.72 bits per heavy atom. The highest BCUT2D eigenvalue weighted by molar-refractivity contribution is 5.91. The molecule has 148 valence electrons. The normalized spacial score (nSPS) is 11.4. The number of rotatable bonds is 5. The summed E-state index contributed by atoms with van der Waals surface area (Å²) in [6, 6.07) is 14.3. The maximum absolute atomic E-state index is 12.6. The average Bonchev–Trinajstić information content (AvgIpc) is 2.73. The van der Waals surface area contributed by atoms with Gasteiger partial charge in [-0.15, -0.1) is 0 Å². The summed E-state index contributed by atoms with van der Waals surface area (Å²) >= 11 is 0. The van der Waals surface area contributed by atoms with Crippen LogP contribution in [0.25, 0.3) is 12.2 Å². The van der Waals surface area contributed by atoms with E-state index >= 15 is 0 Å². The predicted molar refractivity (Wildman–Crippen MR) is 103 cm³/mol. The number of carbonyl (C=O) groups is 1. The van der Waals surface area contributed by atoms with E-state index in [4.69, 9.17) is 9.47 Å². The molecular formula is C22H16F3NO3. The van der Waals surface area contributed by atoms with Gasteiger partial charge >= 0.3 is 12.1 Å². The van der Waals surface area contributed by atoms with Gasteiger partial charge < -0.3 is 9.47 Å². The molecule has 0 unspecified atom stereocenters. The molecule has 0 fully saturated rings. The van der Waals surface area contributed by atoms with E-state index in [0.29, 0.717) is 5.75 Å². The summed E-state index contributed by atoms with van der Waals surface area (Å²) in [7, 11) is 1.43. The molecule has 0 aliphatic heterocycles. The molecule has 0 aliphatic carbocycles. The van der Waals surface area contributed by atoms with E-state index < -0.39 is 17.7 Å². The molecule has 0 bridgehead atoms. The third kappa shape index (κ3) is 5.22. The first-order valence-electron chi connectivity index (χ1n) is 8.53. The van der Waals surface area contributed by atoms with Crippen LogP contribution in [0.5, 0.6) is 11.5 Å². The van der Waals surface area contributed by atoms with Gasteiger partial charge in [-0.1, -0.05) is 18.2 Å². The second-order valence-electron chi connectivity index (χ2n) is 5.96. The summed E-state index contributed by atoms with van der Waals surface area (Å²) in [5.74, 6) is -0.311. The van der Waals surface area contributed by atoms with Gasteiger partial charge in [0.25, 0.3) is 0 Å². The van der Waals surface area contributed by atoms with Crippen molar-refractivity contribution in [2.75, 3.05) is 7.11 Å². The first kappa shape index (κ1) is 20.1. The highest BCUT2D eigenvalue weighted by Crippen LogP contribution is 2.31. The summed E-state index contributed by atoms with van der Waals surface area (Å²) < 4.78 is 48.4. The smallest absolute Gasteiger partial charge is 0.416 e. The van der Waals surface area contributed by atoms with Crippen molar-refractivity contribution < 1.29 is 27.4 Å². The maximum Gasteiger partial charge on any atom is 0.416 e. The van der Waals surface area contributed by atoms with E-state index in [1.807, 2.05) is 30.4 Å². The molecule has 0 radical (unpaired) electrons. The molecule has 0 aliphatic rings. The highest BCUT2D eigenvalue weighted by atomic mass is 19.4. The van der Waals surface area contributed by atoms with Gasteiger partial charge in [0.1, 0.15) is 0 Å². The standard InChI is InChI=1S/C22H16F3NO3/c1-28-20-14-15(5-11-18-4-2-3-13-26-18)6-12-19(20)29-21(27)16-7-9-17(10-8-16)22(23,24)25/h2-14H,1H3/b11-5+. The number of nitrogens with zero attached hydrogens (tertiary/aromatic N) is 1. The number of benzene rings is 2. The van der Waals surface area contributed by atoms with E-state index in [1.54, 1.807) is 24.4 Å². The highest BCUT2D eigenvalue weighted by Gasteiger charge is 2.30. The Bertz CT molecular complexity index is 1010. The fourth-order valence-electron chi connectivity index (χ4n) is 2.48. The predicted octanol–water partition coefficient (Wildman–Crippen LogP) is 5.50. The molecule has 0 amide bonds. The van der Waals surface area contributed by atoms with Crippen molar-refractivity contribution in [3.05, 3.63) is 89.2 Å². The van der Waals surface area contributed by atoms with Gasteiger partial charge in [0.2, 0.25) is 0 Å². The SMILES string of the molecule is COc1cc(/C=C/c2ccccn2)ccc1OC(=O)c1ccc(C(F)(F)F)cc1. The van der Waals surface area contributed by atoms with Gasteiger partial charge in [0.05, 0.1) is 23.9 Å². The number of alkyl halides is 3. The topological polar surface area (TPSA) is 48.4 Å². The average molecular weight is 399 g/mol. The van der Waals surface area contributed by atoms with Crippen molar-refractivity contribution in [3.63, 3.8) is 0 Å². The number of esters is 1. The van der Waals surface area contributed by atoms with Crippen molar-refractivity contribution in [2.45, 2.75) is 6.18 Å². The van der Waals surface area contributed by atoms with Crippen LogP contribution in [0.3, 0.4) is 0 Å². The van der Waals surface area contributed by atoms with Gasteiger partial charge in [-0.3, -0.25) is 4.98 Å². The van der Waals surface area contributed by atoms with Crippen LogP contribution in [0.2, 0.25) is 0 Å². The zero-order chi connectivity index (χ0) is 20.9. The summed E-state index contributed by atoms with van der Waals surface area (Å²) in [5.41, 5.74) is 0.737. The summed E-state index contributed by atoms with van der Waals surface area (Å²) in [6.07, 6.45) is 0.864. The molecule has 29 heavy (non-hydrogen) atoms. The van der Waals surface area contributed by atoms with E-state index in [9.17, 15) is 18.0 Å².